The van der Waals surface area contributed by atoms with E-state index in [-0.39, 0.29) is 10.6 Å². The van der Waals surface area contributed by atoms with Gasteiger partial charge in [0, 0.05) is 0 Å². The van der Waals surface area contributed by atoms with Gasteiger partial charge in [0.2, 0.25) is 0 Å². The molecule has 3 aromatic carbocycles. The molecule has 0 spiro atoms. The number of rotatable bonds is 11. The van der Waals surface area contributed by atoms with Crippen molar-refractivity contribution in [1.82, 2.24) is 5.43 Å². The second-order valence-corrected chi connectivity index (χ2v) is 10.4. The Bertz CT molecular complexity index is 1290. The number of sulfonamides is 1. The first kappa shape index (κ1) is 26.7. The first-order valence-corrected chi connectivity index (χ1v) is 12.9. The number of hydrogen-bond acceptors (Lipinski definition) is 6. The number of amides is 1. The molecule has 36 heavy (non-hydrogen) atoms. The molecule has 0 unspecified atom stereocenters. The summed E-state index contributed by atoms with van der Waals surface area (Å²) in [6.45, 7) is 6.15. The lowest BCUT2D eigenvalue weighted by molar-refractivity contribution is -0.119. The molecule has 0 aliphatic rings. The van der Waals surface area contributed by atoms with Crippen LogP contribution in [0.5, 0.6) is 11.5 Å². The predicted molar refractivity (Wildman–Crippen MR) is 141 cm³/mol. The molecule has 1 amide bonds. The van der Waals surface area contributed by atoms with Gasteiger partial charge < -0.3 is 9.47 Å². The Labute approximate surface area is 212 Å². The molecule has 0 aromatic heterocycles. The second kappa shape index (κ2) is 12.2. The van der Waals surface area contributed by atoms with Crippen molar-refractivity contribution in [2.45, 2.75) is 25.7 Å². The summed E-state index contributed by atoms with van der Waals surface area (Å²) in [7, 11) is -2.62. The number of para-hydroxylation sites is 2. The van der Waals surface area contributed by atoms with Gasteiger partial charge in [0.05, 0.1) is 30.5 Å². The Kier molecular flexibility index (Phi) is 9.08. The van der Waals surface area contributed by atoms with Crippen LogP contribution < -0.4 is 19.2 Å². The number of benzene rings is 3. The van der Waals surface area contributed by atoms with E-state index < -0.39 is 22.5 Å². The fourth-order valence-electron chi connectivity index (χ4n) is 3.23. The number of ether oxygens (including phenoxy) is 2. The summed E-state index contributed by atoms with van der Waals surface area (Å²) in [4.78, 5) is 12.8. The van der Waals surface area contributed by atoms with Gasteiger partial charge in [-0.3, -0.25) is 9.10 Å². The van der Waals surface area contributed by atoms with E-state index in [2.05, 4.69) is 24.4 Å². The zero-order valence-electron chi connectivity index (χ0n) is 20.8. The van der Waals surface area contributed by atoms with Crippen LogP contribution in [0.15, 0.2) is 82.8 Å². The van der Waals surface area contributed by atoms with Gasteiger partial charge in [-0.05, 0) is 66.9 Å². The minimum Gasteiger partial charge on any atom is -0.495 e. The summed E-state index contributed by atoms with van der Waals surface area (Å²) in [6, 6.07) is 20.3. The molecule has 3 aromatic rings. The summed E-state index contributed by atoms with van der Waals surface area (Å²) in [5.41, 5.74) is 4.33. The highest BCUT2D eigenvalue weighted by molar-refractivity contribution is 7.92. The fraction of sp³-hybridized carbons (Fsp3) is 0.259. The Morgan fingerprint density at radius 2 is 1.69 bits per heavy atom. The number of carbonyl (C=O) groups excluding carboxylic acids is 1. The summed E-state index contributed by atoms with van der Waals surface area (Å²) in [5.74, 6) is 0.888. The van der Waals surface area contributed by atoms with Crippen molar-refractivity contribution in [2.24, 2.45) is 11.0 Å². The zero-order valence-corrected chi connectivity index (χ0v) is 21.7. The summed E-state index contributed by atoms with van der Waals surface area (Å²) in [5, 5.41) is 3.98. The van der Waals surface area contributed by atoms with Crippen LogP contribution in [0.3, 0.4) is 0 Å². The minimum atomic E-state index is -4.07. The number of carbonyl (C=O) groups is 1. The first-order valence-electron chi connectivity index (χ1n) is 11.5. The molecule has 0 radical (unpaired) electrons. The predicted octanol–water partition coefficient (Wildman–Crippen LogP) is 4.38. The lowest BCUT2D eigenvalue weighted by Crippen LogP contribution is -2.39. The fourth-order valence-corrected chi connectivity index (χ4v) is 4.66. The molecule has 0 aliphatic heterocycles. The number of nitrogens with one attached hydrogen (secondary N) is 1. The van der Waals surface area contributed by atoms with Crippen LogP contribution in [-0.2, 0) is 14.8 Å². The van der Waals surface area contributed by atoms with E-state index in [1.165, 1.54) is 25.5 Å². The molecule has 1 N–H and O–H groups in total. The third-order valence-electron chi connectivity index (χ3n) is 5.12. The molecule has 8 nitrogen and oxygen atoms in total. The van der Waals surface area contributed by atoms with Crippen molar-refractivity contribution in [2.75, 3.05) is 24.6 Å². The Hall–Kier alpha value is -3.85. The van der Waals surface area contributed by atoms with E-state index in [0.29, 0.717) is 18.3 Å². The lowest BCUT2D eigenvalue weighted by atomic mass is 10.2. The average Bonchev–Trinajstić information content (AvgIpc) is 2.87. The molecular weight excluding hydrogens is 478 g/mol. The quantitative estimate of drug-likeness (QED) is 0.306. The molecule has 3 rings (SSSR count). The van der Waals surface area contributed by atoms with E-state index in [0.717, 1.165) is 21.2 Å². The summed E-state index contributed by atoms with van der Waals surface area (Å²) >= 11 is 0. The van der Waals surface area contributed by atoms with Crippen molar-refractivity contribution >= 4 is 27.8 Å². The first-order chi connectivity index (χ1) is 17.2. The van der Waals surface area contributed by atoms with Crippen molar-refractivity contribution in [1.29, 1.82) is 0 Å². The molecular formula is C27H31N3O5S. The van der Waals surface area contributed by atoms with Crippen molar-refractivity contribution in [3.63, 3.8) is 0 Å². The van der Waals surface area contributed by atoms with Gasteiger partial charge in [-0.25, -0.2) is 13.8 Å². The summed E-state index contributed by atoms with van der Waals surface area (Å²) in [6.07, 6.45) is 1.48. The van der Waals surface area contributed by atoms with Crippen molar-refractivity contribution in [3.05, 3.63) is 83.9 Å². The average molecular weight is 510 g/mol. The van der Waals surface area contributed by atoms with Crippen LogP contribution in [0.25, 0.3) is 0 Å². The highest BCUT2D eigenvalue weighted by atomic mass is 32.2. The third-order valence-corrected chi connectivity index (χ3v) is 6.89. The second-order valence-electron chi connectivity index (χ2n) is 8.56. The van der Waals surface area contributed by atoms with Crippen LogP contribution in [0.1, 0.15) is 25.0 Å². The largest absolute Gasteiger partial charge is 0.495 e. The van der Waals surface area contributed by atoms with Crippen LogP contribution in [0, 0.1) is 12.8 Å². The van der Waals surface area contributed by atoms with E-state index >= 15 is 0 Å². The topological polar surface area (TPSA) is 97.3 Å². The number of aryl methyl sites for hydroxylation is 1. The van der Waals surface area contributed by atoms with Gasteiger partial charge in [-0.1, -0.05) is 43.7 Å². The molecule has 0 fully saturated rings. The van der Waals surface area contributed by atoms with Crippen LogP contribution in [0.4, 0.5) is 5.69 Å². The van der Waals surface area contributed by atoms with Crippen LogP contribution in [0.2, 0.25) is 0 Å². The maximum atomic E-state index is 13.5. The molecule has 0 atom stereocenters. The molecule has 0 saturated heterocycles. The lowest BCUT2D eigenvalue weighted by Gasteiger charge is -2.25. The van der Waals surface area contributed by atoms with Crippen LogP contribution in [-0.4, -0.2) is 40.8 Å². The Morgan fingerprint density at radius 3 is 2.33 bits per heavy atom. The zero-order chi connectivity index (χ0) is 26.1. The van der Waals surface area contributed by atoms with Gasteiger partial charge in [0.25, 0.3) is 15.9 Å². The van der Waals surface area contributed by atoms with Gasteiger partial charge in [-0.2, -0.15) is 5.10 Å². The van der Waals surface area contributed by atoms with Gasteiger partial charge in [-0.15, -0.1) is 0 Å². The highest BCUT2D eigenvalue weighted by Crippen LogP contribution is 2.32. The summed E-state index contributed by atoms with van der Waals surface area (Å²) < 4.78 is 39.1. The number of hydrogen-bond donors (Lipinski definition) is 1. The SMILES string of the molecule is COc1ccccc1N(CC(=O)N/N=C/c1ccc(OCC(C)C)cc1)S(=O)(=O)c1ccc(C)cc1. The molecule has 190 valence electrons. The third kappa shape index (κ3) is 7.08. The van der Waals surface area contributed by atoms with Crippen LogP contribution >= 0.6 is 0 Å². The molecule has 0 saturated carbocycles. The molecule has 9 heteroatoms. The maximum Gasteiger partial charge on any atom is 0.264 e. The molecule has 0 bridgehead atoms. The Balaban J connectivity index is 1.77. The highest BCUT2D eigenvalue weighted by Gasteiger charge is 2.29. The number of anilines is 1. The number of nitrogens with zero attached hydrogens (tertiary/aromatic N) is 2. The van der Waals surface area contributed by atoms with E-state index in [1.807, 2.05) is 31.2 Å². The normalized spacial score (nSPS) is 11.5. The molecule has 0 heterocycles. The molecule has 0 aliphatic carbocycles. The van der Waals surface area contributed by atoms with E-state index in [4.69, 9.17) is 9.47 Å². The Morgan fingerprint density at radius 1 is 1.03 bits per heavy atom. The maximum absolute atomic E-state index is 13.5. The number of hydrazone groups is 1. The minimum absolute atomic E-state index is 0.0649. The van der Waals surface area contributed by atoms with Gasteiger partial charge in [0.15, 0.2) is 0 Å². The van der Waals surface area contributed by atoms with E-state index in [9.17, 15) is 13.2 Å². The smallest absolute Gasteiger partial charge is 0.264 e. The van der Waals surface area contributed by atoms with E-state index in [1.54, 1.807) is 36.4 Å². The van der Waals surface area contributed by atoms with Crippen molar-refractivity contribution in [3.8, 4) is 11.5 Å². The van der Waals surface area contributed by atoms with Gasteiger partial charge >= 0.3 is 0 Å². The number of methoxy groups -OCH3 is 1. The standard InChI is InChI=1S/C27H31N3O5S/c1-20(2)19-35-23-13-11-22(12-14-23)17-28-29-27(31)18-30(25-7-5-6-8-26(25)34-4)36(32,33)24-15-9-21(3)10-16-24/h5-17,20H,18-19H2,1-4H3,(H,29,31)/b28-17+. The van der Waals surface area contributed by atoms with Crippen molar-refractivity contribution < 1.29 is 22.7 Å². The van der Waals surface area contributed by atoms with Gasteiger partial charge in [0.1, 0.15) is 18.0 Å². The monoisotopic (exact) mass is 509 g/mol.